The van der Waals surface area contributed by atoms with Crippen LogP contribution in [0, 0.1) is 0 Å². The van der Waals surface area contributed by atoms with Gasteiger partial charge in [-0.2, -0.15) is 0 Å². The second-order valence-electron chi connectivity index (χ2n) is 3.28. The van der Waals surface area contributed by atoms with Crippen molar-refractivity contribution in [2.75, 3.05) is 0 Å². The Bertz CT molecular complexity index is 59.6. The Morgan fingerprint density at radius 3 is 1.30 bits per heavy atom. The third-order valence-corrected chi connectivity index (χ3v) is 0.589. The molecular weight excluding hydrogens is 124 g/mol. The van der Waals surface area contributed by atoms with Gasteiger partial charge in [-0.25, -0.2) is 0 Å². The molecule has 66 valence electrons. The average Bonchev–Trinajstić information content (AvgIpc) is 1.21. The second-order valence-corrected chi connectivity index (χ2v) is 3.28. The monoisotopic (exact) mass is 148 g/mol. The van der Waals surface area contributed by atoms with Crippen molar-refractivity contribution < 1.29 is 4.74 Å². The van der Waals surface area contributed by atoms with E-state index in [9.17, 15) is 0 Å². The smallest absolute Gasteiger partial charge is 0.0601 e. The van der Waals surface area contributed by atoms with Crippen LogP contribution in [-0.4, -0.2) is 11.7 Å². The molecule has 0 radical (unpaired) electrons. The molecule has 0 aromatic rings. The van der Waals surface area contributed by atoms with Crippen molar-refractivity contribution in [1.29, 1.82) is 0 Å². The number of ether oxygens (including phenoxy) is 1. The molecular formula is C9H24O. The van der Waals surface area contributed by atoms with Crippen LogP contribution in [0.3, 0.4) is 0 Å². The lowest BCUT2D eigenvalue weighted by atomic mass is 10.2. The summed E-state index contributed by atoms with van der Waals surface area (Å²) in [6.45, 7) is 10.3. The van der Waals surface area contributed by atoms with Gasteiger partial charge in [0.25, 0.3) is 0 Å². The van der Waals surface area contributed by atoms with E-state index in [1.54, 1.807) is 0 Å². The van der Waals surface area contributed by atoms with E-state index in [1.165, 1.54) is 0 Å². The fourth-order valence-electron chi connectivity index (χ4n) is 0.707. The molecule has 0 fully saturated rings. The summed E-state index contributed by atoms with van der Waals surface area (Å²) in [6.07, 6.45) is 0.343. The highest BCUT2D eigenvalue weighted by molar-refractivity contribution is 4.59. The highest BCUT2D eigenvalue weighted by atomic mass is 16.5. The van der Waals surface area contributed by atoms with E-state index in [4.69, 9.17) is 4.74 Å². The first-order chi connectivity index (χ1) is 3.42. The van der Waals surface area contributed by atoms with E-state index in [0.717, 1.165) is 0 Å². The van der Waals surface area contributed by atoms with E-state index in [-0.39, 0.29) is 20.5 Å². The summed E-state index contributed by atoms with van der Waals surface area (Å²) in [6, 6.07) is 0. The summed E-state index contributed by atoms with van der Waals surface area (Å²) < 4.78 is 5.44. The summed E-state index contributed by atoms with van der Waals surface area (Å²) >= 11 is 0. The van der Waals surface area contributed by atoms with Gasteiger partial charge in [-0.1, -0.05) is 14.9 Å². The minimum Gasteiger partial charge on any atom is -0.373 e. The van der Waals surface area contributed by atoms with Gasteiger partial charge in [-0.15, -0.1) is 0 Å². The Balaban J connectivity index is -0.000000245. The van der Waals surface area contributed by atoms with Crippen molar-refractivity contribution in [1.82, 2.24) is 0 Å². The Labute approximate surface area is 66.8 Å². The first kappa shape index (κ1) is 16.5. The van der Waals surface area contributed by atoms with Crippen molar-refractivity contribution in [2.24, 2.45) is 0 Å². The molecule has 0 amide bonds. The van der Waals surface area contributed by atoms with E-state index >= 15 is 0 Å². The molecule has 0 aliphatic heterocycles. The summed E-state index contributed by atoms with van der Waals surface area (Å²) in [7, 11) is 0. The fraction of sp³-hybridized carbons (Fsp3) is 1.00. The summed E-state index contributed by atoms with van der Waals surface area (Å²) in [4.78, 5) is 0. The molecule has 0 saturated carbocycles. The molecule has 0 aromatic carbocycles. The molecule has 0 saturated heterocycles. The summed E-state index contributed by atoms with van der Waals surface area (Å²) in [5.41, 5.74) is 0.0220. The SMILES string of the molecule is C.C.CC(C)OC(C)(C)C. The normalized spacial score (nSPS) is 10.2. The fourth-order valence-corrected chi connectivity index (χ4v) is 0.707. The first-order valence-electron chi connectivity index (χ1n) is 3.09. The van der Waals surface area contributed by atoms with Gasteiger partial charge in [0.05, 0.1) is 11.7 Å². The maximum atomic E-state index is 5.44. The van der Waals surface area contributed by atoms with Gasteiger partial charge in [0.15, 0.2) is 0 Å². The zero-order valence-corrected chi connectivity index (χ0v) is 6.49. The van der Waals surface area contributed by atoms with Crippen LogP contribution in [0.15, 0.2) is 0 Å². The Morgan fingerprint density at radius 2 is 1.30 bits per heavy atom. The predicted octanol–water partition coefficient (Wildman–Crippen LogP) is 3.48. The summed E-state index contributed by atoms with van der Waals surface area (Å²) in [5, 5.41) is 0. The largest absolute Gasteiger partial charge is 0.373 e. The highest BCUT2D eigenvalue weighted by Gasteiger charge is 2.10. The molecule has 0 unspecified atom stereocenters. The molecule has 0 aromatic heterocycles. The Kier molecular flexibility index (Phi) is 9.45. The van der Waals surface area contributed by atoms with Gasteiger partial charge >= 0.3 is 0 Å². The highest BCUT2D eigenvalue weighted by Crippen LogP contribution is 2.09. The molecule has 0 heterocycles. The predicted molar refractivity (Wildman–Crippen MR) is 49.4 cm³/mol. The quantitative estimate of drug-likeness (QED) is 0.553. The number of hydrogen-bond donors (Lipinski definition) is 0. The van der Waals surface area contributed by atoms with Gasteiger partial charge in [0, 0.05) is 0 Å². The maximum absolute atomic E-state index is 5.44. The van der Waals surface area contributed by atoms with Crippen molar-refractivity contribution in [3.63, 3.8) is 0 Å². The van der Waals surface area contributed by atoms with Crippen LogP contribution < -0.4 is 0 Å². The van der Waals surface area contributed by atoms with Crippen LogP contribution in [-0.2, 0) is 4.74 Å². The van der Waals surface area contributed by atoms with Gasteiger partial charge in [-0.3, -0.25) is 0 Å². The number of rotatable bonds is 1. The van der Waals surface area contributed by atoms with E-state index in [1.807, 2.05) is 13.8 Å². The molecule has 1 nitrogen and oxygen atoms in total. The van der Waals surface area contributed by atoms with Crippen LogP contribution in [0.4, 0.5) is 0 Å². The van der Waals surface area contributed by atoms with Gasteiger partial charge in [0.2, 0.25) is 0 Å². The molecule has 10 heavy (non-hydrogen) atoms. The number of hydrogen-bond acceptors (Lipinski definition) is 1. The average molecular weight is 148 g/mol. The van der Waals surface area contributed by atoms with Gasteiger partial charge < -0.3 is 4.74 Å². The van der Waals surface area contributed by atoms with Crippen molar-refractivity contribution in [2.45, 2.75) is 61.2 Å². The molecule has 0 bridgehead atoms. The van der Waals surface area contributed by atoms with Crippen LogP contribution >= 0.6 is 0 Å². The van der Waals surface area contributed by atoms with Crippen LogP contribution in [0.5, 0.6) is 0 Å². The minimum absolute atomic E-state index is 0. The second kappa shape index (κ2) is 5.72. The third kappa shape index (κ3) is 15.7. The zero-order valence-electron chi connectivity index (χ0n) is 6.49. The molecule has 0 spiro atoms. The molecule has 0 aliphatic carbocycles. The minimum atomic E-state index is 0. The van der Waals surface area contributed by atoms with Crippen LogP contribution in [0.1, 0.15) is 49.5 Å². The standard InChI is InChI=1S/C7H16O.2CH4/c1-6(2)8-7(3,4)5;;/h6H,1-5H3;2*1H4. The van der Waals surface area contributed by atoms with Crippen LogP contribution in [0.25, 0.3) is 0 Å². The zero-order chi connectivity index (χ0) is 6.78. The van der Waals surface area contributed by atoms with E-state index < -0.39 is 0 Å². The Morgan fingerprint density at radius 1 is 1.00 bits per heavy atom. The molecule has 0 aliphatic rings. The van der Waals surface area contributed by atoms with Crippen molar-refractivity contribution in [3.05, 3.63) is 0 Å². The molecule has 0 rings (SSSR count). The topological polar surface area (TPSA) is 9.23 Å². The lowest BCUT2D eigenvalue weighted by Gasteiger charge is -2.22. The van der Waals surface area contributed by atoms with Gasteiger partial charge in [-0.05, 0) is 34.6 Å². The van der Waals surface area contributed by atoms with Crippen molar-refractivity contribution in [3.8, 4) is 0 Å². The molecule has 0 N–H and O–H groups in total. The third-order valence-electron chi connectivity index (χ3n) is 0.589. The van der Waals surface area contributed by atoms with E-state index in [0.29, 0.717) is 6.10 Å². The van der Waals surface area contributed by atoms with Gasteiger partial charge in [0.1, 0.15) is 0 Å². The van der Waals surface area contributed by atoms with Crippen LogP contribution in [0.2, 0.25) is 0 Å². The maximum Gasteiger partial charge on any atom is 0.0601 e. The van der Waals surface area contributed by atoms with E-state index in [2.05, 4.69) is 20.8 Å². The lowest BCUT2D eigenvalue weighted by molar-refractivity contribution is -0.0424. The molecule has 1 heteroatoms. The Hall–Kier alpha value is -0.0400. The first-order valence-corrected chi connectivity index (χ1v) is 3.09. The summed E-state index contributed by atoms with van der Waals surface area (Å²) in [5.74, 6) is 0. The van der Waals surface area contributed by atoms with Crippen molar-refractivity contribution >= 4 is 0 Å². The lowest BCUT2D eigenvalue weighted by Crippen LogP contribution is -2.23. The molecule has 0 atom stereocenters.